The van der Waals surface area contributed by atoms with Gasteiger partial charge in [0, 0.05) is 28.0 Å². The summed E-state index contributed by atoms with van der Waals surface area (Å²) in [7, 11) is -2.83. The Morgan fingerprint density at radius 2 is 1.85 bits per heavy atom. The predicted octanol–water partition coefficient (Wildman–Crippen LogP) is 5.66. The van der Waals surface area contributed by atoms with Crippen LogP contribution in [0.15, 0.2) is 84.5 Å². The van der Waals surface area contributed by atoms with Crippen molar-refractivity contribution in [3.8, 4) is 10.4 Å². The van der Waals surface area contributed by atoms with E-state index in [9.17, 15) is 14.3 Å². The second-order valence-electron chi connectivity index (χ2n) is 8.51. The summed E-state index contributed by atoms with van der Waals surface area (Å²) in [5.74, 6) is -0.268. The number of benzene rings is 2. The summed E-state index contributed by atoms with van der Waals surface area (Å²) in [6.45, 7) is 1.81. The Hall–Kier alpha value is -3.25. The number of nitrogen functional groups attached to an aromatic ring is 1. The van der Waals surface area contributed by atoms with E-state index in [0.717, 1.165) is 21.6 Å². The van der Waals surface area contributed by atoms with Gasteiger partial charge in [0.05, 0.1) is 11.4 Å². The fourth-order valence-electron chi connectivity index (χ4n) is 3.85. The molecule has 8 heteroatoms. The van der Waals surface area contributed by atoms with Crippen LogP contribution in [0.5, 0.6) is 0 Å². The molecule has 0 saturated heterocycles. The van der Waals surface area contributed by atoms with E-state index in [4.69, 9.17) is 5.73 Å². The highest BCUT2D eigenvalue weighted by molar-refractivity contribution is 7.40. The van der Waals surface area contributed by atoms with Gasteiger partial charge < -0.3 is 15.9 Å². The molecule has 0 aliphatic carbocycles. The van der Waals surface area contributed by atoms with Gasteiger partial charge in [-0.2, -0.15) is 0 Å². The summed E-state index contributed by atoms with van der Waals surface area (Å²) in [5, 5.41) is 4.09. The quantitative estimate of drug-likeness (QED) is 0.218. The van der Waals surface area contributed by atoms with Gasteiger partial charge in [-0.1, -0.05) is 37.3 Å². The number of rotatable bonds is 8. The number of carbonyl (C=O) groups excluding carboxylic acids is 1. The van der Waals surface area contributed by atoms with Crippen LogP contribution in [0.4, 0.5) is 11.4 Å². The zero-order chi connectivity index (χ0) is 24.1. The highest BCUT2D eigenvalue weighted by Crippen LogP contribution is 2.40. The van der Waals surface area contributed by atoms with Gasteiger partial charge in [-0.05, 0) is 71.3 Å². The van der Waals surface area contributed by atoms with Crippen molar-refractivity contribution < 1.29 is 14.3 Å². The van der Waals surface area contributed by atoms with Crippen molar-refractivity contribution in [3.63, 3.8) is 0 Å². The van der Waals surface area contributed by atoms with Gasteiger partial charge in [0.1, 0.15) is 0 Å². The van der Waals surface area contributed by atoms with Crippen molar-refractivity contribution in [1.29, 1.82) is 0 Å². The molecule has 2 unspecified atom stereocenters. The second kappa shape index (κ2) is 10.3. The molecule has 4 N–H and O–H groups in total. The Balaban J connectivity index is 1.47. The maximum Gasteiger partial charge on any atom is 0.255 e. The maximum absolute atomic E-state index is 12.9. The molecular formula is C26H26N3O3PS. The number of hydrogen-bond donors (Lipinski definition) is 3. The number of thiophene rings is 1. The summed E-state index contributed by atoms with van der Waals surface area (Å²) in [6.07, 6.45) is 4.25. The third-order valence-corrected chi connectivity index (χ3v) is 8.06. The molecule has 0 radical (unpaired) electrons. The van der Waals surface area contributed by atoms with Crippen molar-refractivity contribution in [2.75, 3.05) is 11.1 Å². The average molecular weight is 492 g/mol. The summed E-state index contributed by atoms with van der Waals surface area (Å²) in [6, 6.07) is 20.4. The number of amides is 1. The number of hydrogen-bond acceptors (Lipinski definition) is 5. The molecule has 6 nitrogen and oxygen atoms in total. The van der Waals surface area contributed by atoms with Gasteiger partial charge >= 0.3 is 0 Å². The zero-order valence-corrected chi connectivity index (χ0v) is 20.5. The molecule has 0 fully saturated rings. The predicted molar refractivity (Wildman–Crippen MR) is 140 cm³/mol. The van der Waals surface area contributed by atoms with Crippen molar-refractivity contribution >= 4 is 36.6 Å². The molecule has 2 aromatic heterocycles. The van der Waals surface area contributed by atoms with Crippen LogP contribution in [0.25, 0.3) is 10.4 Å². The largest absolute Gasteiger partial charge is 0.397 e. The van der Waals surface area contributed by atoms with Crippen LogP contribution < -0.4 is 11.1 Å². The van der Waals surface area contributed by atoms with Crippen molar-refractivity contribution in [2.24, 2.45) is 0 Å². The highest BCUT2D eigenvalue weighted by atomic mass is 32.1. The van der Waals surface area contributed by atoms with E-state index in [1.165, 1.54) is 0 Å². The molecule has 4 aromatic rings. The van der Waals surface area contributed by atoms with E-state index < -0.39 is 13.2 Å². The van der Waals surface area contributed by atoms with E-state index in [1.54, 1.807) is 41.9 Å². The number of aromatic nitrogens is 1. The van der Waals surface area contributed by atoms with Crippen molar-refractivity contribution in [1.82, 2.24) is 4.98 Å². The molecule has 0 spiro atoms. The molecular weight excluding hydrogens is 465 g/mol. The van der Waals surface area contributed by atoms with Gasteiger partial charge in [0.2, 0.25) is 0 Å². The monoisotopic (exact) mass is 491 g/mol. The molecule has 2 aromatic carbocycles. The van der Waals surface area contributed by atoms with Crippen LogP contribution in [-0.2, 0) is 17.4 Å². The molecule has 0 bridgehead atoms. The Morgan fingerprint density at radius 1 is 1.09 bits per heavy atom. The lowest BCUT2D eigenvalue weighted by Gasteiger charge is -2.26. The first kappa shape index (κ1) is 23.9. The lowest BCUT2D eigenvalue weighted by atomic mass is 9.93. The second-order valence-corrected chi connectivity index (χ2v) is 11.3. The Labute approximate surface area is 203 Å². The van der Waals surface area contributed by atoms with Crippen LogP contribution in [-0.4, -0.2) is 20.9 Å². The highest BCUT2D eigenvalue weighted by Gasteiger charge is 2.31. The minimum absolute atomic E-state index is 0.268. The van der Waals surface area contributed by atoms with Gasteiger partial charge in [0.25, 0.3) is 5.91 Å². The minimum atomic E-state index is -2.83. The summed E-state index contributed by atoms with van der Waals surface area (Å²) in [4.78, 5) is 28.1. The third kappa shape index (κ3) is 5.62. The third-order valence-electron chi connectivity index (χ3n) is 5.75. The molecule has 174 valence electrons. The number of nitrogens with zero attached hydrogens (tertiary/aromatic N) is 1. The molecule has 0 saturated carbocycles. The zero-order valence-electron chi connectivity index (χ0n) is 18.7. The van der Waals surface area contributed by atoms with E-state index in [2.05, 4.69) is 10.3 Å². The first-order valence-electron chi connectivity index (χ1n) is 10.8. The lowest BCUT2D eigenvalue weighted by molar-refractivity contribution is 0.102. The molecule has 2 heterocycles. The molecule has 4 rings (SSSR count). The van der Waals surface area contributed by atoms with Crippen molar-refractivity contribution in [2.45, 2.75) is 24.9 Å². The van der Waals surface area contributed by atoms with Crippen LogP contribution in [0.1, 0.15) is 28.4 Å². The van der Waals surface area contributed by atoms with E-state index in [0.29, 0.717) is 29.8 Å². The van der Waals surface area contributed by atoms with Crippen LogP contribution in [0.2, 0.25) is 0 Å². The molecule has 0 aliphatic rings. The molecule has 34 heavy (non-hydrogen) atoms. The standard InChI is InChI=1S/C26H26N3O3PS/c1-26(33(31)32,16-19-4-2-12-28-17-19)15-18-6-8-20(9-7-18)25(30)29-23-14-21(10-11-22(23)27)24-5-3-13-34-24/h2-14,17,33H,15-16,27H2,1H3,(H,29,30)(H,31,32). The van der Waals surface area contributed by atoms with Gasteiger partial charge in [-0.25, -0.2) is 0 Å². The number of anilines is 2. The molecule has 1 amide bonds. The summed E-state index contributed by atoms with van der Waals surface area (Å²) >= 11 is 1.62. The topological polar surface area (TPSA) is 105 Å². The Kier molecular flexibility index (Phi) is 7.27. The van der Waals surface area contributed by atoms with Gasteiger partial charge in [-0.15, -0.1) is 11.3 Å². The average Bonchev–Trinajstić information content (AvgIpc) is 3.36. The summed E-state index contributed by atoms with van der Waals surface area (Å²) < 4.78 is 12.2. The van der Waals surface area contributed by atoms with Gasteiger partial charge in [-0.3, -0.25) is 14.3 Å². The number of nitrogens with one attached hydrogen (secondary N) is 1. The number of pyridine rings is 1. The SMILES string of the molecule is CC(Cc1ccc(C(=O)Nc2cc(-c3cccs3)ccc2N)cc1)(Cc1cccnc1)[PH](=O)O. The van der Waals surface area contributed by atoms with E-state index in [1.807, 2.05) is 60.8 Å². The fraction of sp³-hybridized carbons (Fsp3) is 0.154. The van der Waals surface area contributed by atoms with Crippen molar-refractivity contribution in [3.05, 3.63) is 101 Å². The normalized spacial score (nSPS) is 13.7. The fourth-order valence-corrected chi connectivity index (χ4v) is 5.28. The van der Waals surface area contributed by atoms with Crippen LogP contribution >= 0.6 is 19.4 Å². The first-order valence-corrected chi connectivity index (χ1v) is 13.0. The van der Waals surface area contributed by atoms with E-state index in [-0.39, 0.29) is 5.91 Å². The molecule has 2 atom stereocenters. The van der Waals surface area contributed by atoms with Crippen LogP contribution in [0, 0.1) is 0 Å². The number of nitrogens with two attached hydrogens (primary N) is 1. The summed E-state index contributed by atoms with van der Waals surface area (Å²) in [5.41, 5.74) is 10.4. The molecule has 0 aliphatic heterocycles. The Bertz CT molecular complexity index is 1290. The maximum atomic E-state index is 12.9. The lowest BCUT2D eigenvalue weighted by Crippen LogP contribution is -2.26. The first-order chi connectivity index (χ1) is 16.3. The number of carbonyl (C=O) groups is 1. The Morgan fingerprint density at radius 3 is 2.50 bits per heavy atom. The van der Waals surface area contributed by atoms with E-state index >= 15 is 0 Å². The van der Waals surface area contributed by atoms with Crippen LogP contribution in [0.3, 0.4) is 0 Å². The minimum Gasteiger partial charge on any atom is -0.397 e. The smallest absolute Gasteiger partial charge is 0.255 e. The van der Waals surface area contributed by atoms with Gasteiger partial charge in [0.15, 0.2) is 8.03 Å².